The highest BCUT2D eigenvalue weighted by Gasteiger charge is 2.24. The number of nitrogens with zero attached hydrogens (tertiary/aromatic N) is 1. The number of sulfone groups is 1. The van der Waals surface area contributed by atoms with E-state index in [1.54, 1.807) is 30.6 Å². The molecule has 0 aliphatic carbocycles. The minimum atomic E-state index is -3.59. The summed E-state index contributed by atoms with van der Waals surface area (Å²) in [5, 5.41) is 0.297. The quantitative estimate of drug-likeness (QED) is 0.814. The highest BCUT2D eigenvalue weighted by molar-refractivity contribution is 7.92. The minimum absolute atomic E-state index is 0.107. The molecule has 0 spiro atoms. The van der Waals surface area contributed by atoms with Crippen LogP contribution in [0, 0.1) is 0 Å². The maximum atomic E-state index is 12.2. The van der Waals surface area contributed by atoms with E-state index in [4.69, 9.17) is 11.5 Å². The van der Waals surface area contributed by atoms with Crippen molar-refractivity contribution in [3.63, 3.8) is 0 Å². The molecule has 1 heterocycles. The van der Waals surface area contributed by atoms with Crippen LogP contribution < -0.4 is 11.5 Å². The van der Waals surface area contributed by atoms with E-state index >= 15 is 0 Å². The Morgan fingerprint density at radius 2 is 2.06 bits per heavy atom. The Hall–Kier alpha value is -1.50. The van der Waals surface area contributed by atoms with Crippen molar-refractivity contribution in [1.29, 1.82) is 0 Å². The molecular formula is C11H13N3O2S. The van der Waals surface area contributed by atoms with Gasteiger partial charge in [0.2, 0.25) is 0 Å². The third-order valence-corrected chi connectivity index (χ3v) is 4.54. The van der Waals surface area contributed by atoms with E-state index in [0.717, 1.165) is 5.39 Å². The van der Waals surface area contributed by atoms with Gasteiger partial charge in [-0.3, -0.25) is 4.98 Å². The van der Waals surface area contributed by atoms with Crippen LogP contribution in [0.15, 0.2) is 41.6 Å². The molecule has 0 fully saturated rings. The van der Waals surface area contributed by atoms with Gasteiger partial charge < -0.3 is 11.5 Å². The maximum Gasteiger partial charge on any atom is 0.195 e. The third-order valence-electron chi connectivity index (χ3n) is 2.58. The van der Waals surface area contributed by atoms with E-state index in [1.165, 1.54) is 6.07 Å². The summed E-state index contributed by atoms with van der Waals surface area (Å²) in [6.45, 7) is -0.107. The molecule has 0 saturated carbocycles. The van der Waals surface area contributed by atoms with Crippen molar-refractivity contribution in [2.75, 3.05) is 6.54 Å². The van der Waals surface area contributed by atoms with Crippen molar-refractivity contribution < 1.29 is 8.42 Å². The van der Waals surface area contributed by atoms with Crippen LogP contribution in [0.5, 0.6) is 0 Å². The Kier molecular flexibility index (Phi) is 3.10. The van der Waals surface area contributed by atoms with Crippen LogP contribution >= 0.6 is 0 Å². The Balaban J connectivity index is 2.72. The van der Waals surface area contributed by atoms with Gasteiger partial charge in [-0.1, -0.05) is 12.1 Å². The van der Waals surface area contributed by atoms with Gasteiger partial charge in [-0.15, -0.1) is 0 Å². The number of pyridine rings is 1. The average molecular weight is 251 g/mol. The zero-order valence-corrected chi connectivity index (χ0v) is 9.89. The van der Waals surface area contributed by atoms with E-state index in [-0.39, 0.29) is 11.4 Å². The summed E-state index contributed by atoms with van der Waals surface area (Å²) in [7, 11) is -3.59. The predicted octanol–water partition coefficient (Wildman–Crippen LogP) is 0.252. The second-order valence-electron chi connectivity index (χ2n) is 3.67. The van der Waals surface area contributed by atoms with E-state index < -0.39 is 15.2 Å². The molecule has 1 aromatic carbocycles. The largest absolute Gasteiger partial charge is 0.328 e. The Labute approximate surface area is 99.4 Å². The Morgan fingerprint density at radius 3 is 2.76 bits per heavy atom. The molecule has 2 aromatic rings. The van der Waals surface area contributed by atoms with Crippen molar-refractivity contribution >= 4 is 20.6 Å². The van der Waals surface area contributed by atoms with Crippen molar-refractivity contribution in [3.8, 4) is 0 Å². The molecule has 1 aromatic heterocycles. The molecule has 4 N–H and O–H groups in total. The van der Waals surface area contributed by atoms with E-state index in [1.807, 2.05) is 0 Å². The number of nitrogens with two attached hydrogens (primary N) is 2. The van der Waals surface area contributed by atoms with Crippen LogP contribution in [0.25, 0.3) is 10.8 Å². The van der Waals surface area contributed by atoms with Gasteiger partial charge in [0.15, 0.2) is 9.84 Å². The molecule has 0 radical (unpaired) electrons. The zero-order valence-electron chi connectivity index (χ0n) is 9.08. The average Bonchev–Trinajstić information content (AvgIpc) is 2.37. The molecule has 0 aliphatic heterocycles. The fourth-order valence-electron chi connectivity index (χ4n) is 1.63. The first-order valence-electron chi connectivity index (χ1n) is 5.09. The van der Waals surface area contributed by atoms with Crippen molar-refractivity contribution in [3.05, 3.63) is 36.7 Å². The van der Waals surface area contributed by atoms with Crippen molar-refractivity contribution in [1.82, 2.24) is 4.98 Å². The summed E-state index contributed by atoms with van der Waals surface area (Å²) >= 11 is 0. The fourth-order valence-corrected chi connectivity index (χ4v) is 2.97. The number of fused-ring (bicyclic) bond motifs is 1. The summed E-state index contributed by atoms with van der Waals surface area (Å²) in [6.07, 6.45) is 3.16. The number of hydrogen-bond acceptors (Lipinski definition) is 5. The smallest absolute Gasteiger partial charge is 0.195 e. The number of aromatic nitrogens is 1. The van der Waals surface area contributed by atoms with Gasteiger partial charge in [0.1, 0.15) is 5.37 Å². The monoisotopic (exact) mass is 251 g/mol. The Morgan fingerprint density at radius 1 is 1.29 bits per heavy atom. The molecule has 2 rings (SSSR count). The lowest BCUT2D eigenvalue weighted by molar-refractivity contribution is 0.582. The topological polar surface area (TPSA) is 99.1 Å². The van der Waals surface area contributed by atoms with E-state index in [2.05, 4.69) is 4.98 Å². The zero-order chi connectivity index (χ0) is 12.5. The third kappa shape index (κ3) is 2.02. The van der Waals surface area contributed by atoms with Crippen LogP contribution in [-0.2, 0) is 9.84 Å². The molecular weight excluding hydrogens is 238 g/mol. The standard InChI is InChI=1S/C11H13N3O2S/c12-6-11(13)17(15,16)10-3-1-2-8-7-14-5-4-9(8)10/h1-5,7,11H,6,12-13H2. The first kappa shape index (κ1) is 12.0. The summed E-state index contributed by atoms with van der Waals surface area (Å²) in [5.74, 6) is 0. The van der Waals surface area contributed by atoms with Crippen LogP contribution in [0.4, 0.5) is 0 Å². The fraction of sp³-hybridized carbons (Fsp3) is 0.182. The first-order valence-corrected chi connectivity index (χ1v) is 6.64. The first-order chi connectivity index (χ1) is 8.07. The van der Waals surface area contributed by atoms with Gasteiger partial charge in [0.05, 0.1) is 4.90 Å². The molecule has 17 heavy (non-hydrogen) atoms. The normalized spacial score (nSPS) is 13.8. The second-order valence-corrected chi connectivity index (χ2v) is 5.81. The van der Waals surface area contributed by atoms with Crippen LogP contribution in [0.2, 0.25) is 0 Å². The number of benzene rings is 1. The second kappa shape index (κ2) is 4.40. The van der Waals surface area contributed by atoms with E-state index in [9.17, 15) is 8.42 Å². The molecule has 6 heteroatoms. The highest BCUT2D eigenvalue weighted by Crippen LogP contribution is 2.23. The molecule has 0 saturated heterocycles. The highest BCUT2D eigenvalue weighted by atomic mass is 32.2. The lowest BCUT2D eigenvalue weighted by Crippen LogP contribution is -2.37. The van der Waals surface area contributed by atoms with Gasteiger partial charge >= 0.3 is 0 Å². The van der Waals surface area contributed by atoms with Gasteiger partial charge in [-0.25, -0.2) is 8.42 Å². The van der Waals surface area contributed by atoms with E-state index in [0.29, 0.717) is 5.39 Å². The van der Waals surface area contributed by atoms with Gasteiger partial charge in [0, 0.05) is 29.7 Å². The van der Waals surface area contributed by atoms with Crippen molar-refractivity contribution in [2.24, 2.45) is 11.5 Å². The number of rotatable bonds is 3. The summed E-state index contributed by atoms with van der Waals surface area (Å²) < 4.78 is 24.3. The van der Waals surface area contributed by atoms with Crippen LogP contribution in [0.3, 0.4) is 0 Å². The predicted molar refractivity (Wildman–Crippen MR) is 66.0 cm³/mol. The minimum Gasteiger partial charge on any atom is -0.328 e. The summed E-state index contributed by atoms with van der Waals surface area (Å²) in [5.41, 5.74) is 10.9. The maximum absolute atomic E-state index is 12.2. The molecule has 1 unspecified atom stereocenters. The molecule has 1 atom stereocenters. The van der Waals surface area contributed by atoms with Crippen LogP contribution in [0.1, 0.15) is 0 Å². The van der Waals surface area contributed by atoms with Crippen molar-refractivity contribution in [2.45, 2.75) is 10.3 Å². The van der Waals surface area contributed by atoms with Gasteiger partial charge in [-0.2, -0.15) is 0 Å². The summed E-state index contributed by atoms with van der Waals surface area (Å²) in [6, 6.07) is 6.66. The molecule has 5 nitrogen and oxygen atoms in total. The lowest BCUT2D eigenvalue weighted by atomic mass is 10.2. The number of hydrogen-bond donors (Lipinski definition) is 2. The van der Waals surface area contributed by atoms with Crippen LogP contribution in [-0.4, -0.2) is 25.3 Å². The molecule has 0 aliphatic rings. The van der Waals surface area contributed by atoms with Gasteiger partial charge in [-0.05, 0) is 12.1 Å². The SMILES string of the molecule is NCC(N)S(=O)(=O)c1cccc2cnccc12. The Bertz CT molecular complexity index is 635. The van der Waals surface area contributed by atoms with Gasteiger partial charge in [0.25, 0.3) is 0 Å². The molecule has 0 bridgehead atoms. The summed E-state index contributed by atoms with van der Waals surface area (Å²) in [4.78, 5) is 4.15. The lowest BCUT2D eigenvalue weighted by Gasteiger charge is -2.12. The molecule has 0 amide bonds. The molecule has 90 valence electrons.